The maximum absolute atomic E-state index is 12.7. The quantitative estimate of drug-likeness (QED) is 0.240. The molecule has 1 aliphatic rings. The van der Waals surface area contributed by atoms with Crippen LogP contribution in [0.25, 0.3) is 0 Å². The lowest BCUT2D eigenvalue weighted by Crippen LogP contribution is -2.42. The van der Waals surface area contributed by atoms with Crippen molar-refractivity contribution in [2.75, 3.05) is 6.61 Å². The predicted molar refractivity (Wildman–Crippen MR) is 154 cm³/mol. The summed E-state index contributed by atoms with van der Waals surface area (Å²) in [5.74, 6) is 0.692. The fourth-order valence-corrected chi connectivity index (χ4v) is 3.86. The molecule has 2 rings (SSSR count). The number of para-hydroxylation sites is 1. The summed E-state index contributed by atoms with van der Waals surface area (Å²) in [5, 5.41) is 0. The molecule has 1 aromatic carbocycles. The van der Waals surface area contributed by atoms with E-state index in [1.807, 2.05) is 58.7 Å². The fourth-order valence-electron chi connectivity index (χ4n) is 3.86. The Hall–Kier alpha value is -2.64. The molecule has 1 heterocycles. The third-order valence-electron chi connectivity index (χ3n) is 5.78. The van der Waals surface area contributed by atoms with Crippen LogP contribution in [-0.2, 0) is 16.2 Å². The Kier molecular flexibility index (Phi) is 18.1. The van der Waals surface area contributed by atoms with Crippen LogP contribution < -0.4 is 10.2 Å². The molecule has 38 heavy (non-hydrogen) atoms. The number of nitrogens with zero attached hydrogens (tertiary/aromatic N) is 1. The standard InChI is InChI=1S/C27H38F2N2O3.2C2H6/c1-7-15-27(6,16-8-2)30-33-18-20(3)22(5)31-17-24(14-13-21(31)4)32-19-23-11-9-10-12-25(23)34-26(28)29;2*1-2/h9-14,17,26,30H,4,7-8,15-16,18-19H2,1-3,5-6H3;2*1-2H3/b22-20+;;. The number of hydrogen-bond acceptors (Lipinski definition) is 5. The Bertz CT molecular complexity index is 904. The highest BCUT2D eigenvalue weighted by atomic mass is 19.3. The van der Waals surface area contributed by atoms with E-state index in [0.717, 1.165) is 42.7 Å². The van der Waals surface area contributed by atoms with Gasteiger partial charge in [0, 0.05) is 22.5 Å². The molecule has 5 nitrogen and oxygen atoms in total. The summed E-state index contributed by atoms with van der Waals surface area (Å²) >= 11 is 0. The van der Waals surface area contributed by atoms with Gasteiger partial charge in [0.05, 0.1) is 12.8 Å². The zero-order valence-electron chi connectivity index (χ0n) is 25.0. The van der Waals surface area contributed by atoms with E-state index >= 15 is 0 Å². The highest BCUT2D eigenvalue weighted by Gasteiger charge is 2.22. The van der Waals surface area contributed by atoms with Gasteiger partial charge in [-0.2, -0.15) is 14.3 Å². The van der Waals surface area contributed by atoms with E-state index in [2.05, 4.69) is 37.6 Å². The van der Waals surface area contributed by atoms with Crippen molar-refractivity contribution >= 4 is 0 Å². The number of hydroxylamine groups is 1. The molecule has 0 saturated heterocycles. The van der Waals surface area contributed by atoms with E-state index in [4.69, 9.17) is 9.57 Å². The van der Waals surface area contributed by atoms with Crippen molar-refractivity contribution in [2.45, 2.75) is 107 Å². The minimum atomic E-state index is -2.89. The van der Waals surface area contributed by atoms with E-state index in [-0.39, 0.29) is 17.9 Å². The van der Waals surface area contributed by atoms with Crippen LogP contribution in [0.1, 0.15) is 93.6 Å². The van der Waals surface area contributed by atoms with Crippen molar-refractivity contribution < 1.29 is 23.1 Å². The van der Waals surface area contributed by atoms with Crippen LogP contribution in [0.3, 0.4) is 0 Å². The number of ether oxygens (including phenoxy) is 2. The first-order chi connectivity index (χ1) is 18.2. The number of benzene rings is 1. The van der Waals surface area contributed by atoms with Crippen molar-refractivity contribution in [3.63, 3.8) is 0 Å². The summed E-state index contributed by atoms with van der Waals surface area (Å²) in [5.41, 5.74) is 6.59. The third-order valence-corrected chi connectivity index (χ3v) is 5.78. The van der Waals surface area contributed by atoms with Crippen LogP contribution >= 0.6 is 0 Å². The van der Waals surface area contributed by atoms with Gasteiger partial charge < -0.3 is 14.4 Å². The highest BCUT2D eigenvalue weighted by molar-refractivity contribution is 5.36. The van der Waals surface area contributed by atoms with Gasteiger partial charge in [0.15, 0.2) is 0 Å². The maximum atomic E-state index is 12.7. The lowest BCUT2D eigenvalue weighted by molar-refractivity contribution is -0.0510. The molecule has 0 aliphatic carbocycles. The lowest BCUT2D eigenvalue weighted by Gasteiger charge is -2.31. The van der Waals surface area contributed by atoms with Crippen LogP contribution in [0.4, 0.5) is 8.78 Å². The minimum Gasteiger partial charge on any atom is -0.487 e. The Morgan fingerprint density at radius 3 is 2.21 bits per heavy atom. The van der Waals surface area contributed by atoms with Crippen molar-refractivity contribution in [3.05, 3.63) is 77.5 Å². The summed E-state index contributed by atoms with van der Waals surface area (Å²) in [4.78, 5) is 7.82. The predicted octanol–water partition coefficient (Wildman–Crippen LogP) is 9.26. The summed E-state index contributed by atoms with van der Waals surface area (Å²) in [6.07, 6.45) is 9.77. The molecular weight excluding hydrogens is 486 g/mol. The van der Waals surface area contributed by atoms with Gasteiger partial charge in [0.1, 0.15) is 18.1 Å². The Morgan fingerprint density at radius 1 is 1.03 bits per heavy atom. The molecule has 1 aromatic rings. The van der Waals surface area contributed by atoms with Crippen LogP contribution in [0.15, 0.2) is 71.9 Å². The first-order valence-electron chi connectivity index (χ1n) is 13.8. The smallest absolute Gasteiger partial charge is 0.387 e. The van der Waals surface area contributed by atoms with Gasteiger partial charge in [-0.1, -0.05) is 79.2 Å². The first-order valence-corrected chi connectivity index (χ1v) is 13.8. The number of hydrogen-bond donors (Lipinski definition) is 1. The average Bonchev–Trinajstić information content (AvgIpc) is 2.90. The number of allylic oxidation sites excluding steroid dienone is 3. The average molecular weight is 537 g/mol. The lowest BCUT2D eigenvalue weighted by atomic mass is 9.92. The van der Waals surface area contributed by atoms with Gasteiger partial charge >= 0.3 is 6.61 Å². The van der Waals surface area contributed by atoms with Crippen LogP contribution in [0.5, 0.6) is 5.75 Å². The Labute approximate surface area is 230 Å². The SMILES string of the molecule is C=C1C=CC(OCc2ccccc2OC(F)F)=CN1/C(C)=C(\C)CONC(C)(CCC)CCC.CC.CC. The number of halogens is 2. The van der Waals surface area contributed by atoms with Crippen LogP contribution in [-0.4, -0.2) is 23.7 Å². The number of nitrogens with one attached hydrogen (secondary N) is 1. The van der Waals surface area contributed by atoms with Gasteiger partial charge in [-0.3, -0.25) is 4.84 Å². The van der Waals surface area contributed by atoms with Crippen LogP contribution in [0, 0.1) is 0 Å². The molecule has 0 spiro atoms. The zero-order chi connectivity index (χ0) is 29.1. The van der Waals surface area contributed by atoms with Gasteiger partial charge in [-0.15, -0.1) is 0 Å². The molecule has 1 aliphatic heterocycles. The summed E-state index contributed by atoms with van der Waals surface area (Å²) in [6.45, 7) is 20.3. The molecule has 7 heteroatoms. The molecule has 0 atom stereocenters. The van der Waals surface area contributed by atoms with E-state index in [1.165, 1.54) is 6.07 Å². The second kappa shape index (κ2) is 19.4. The van der Waals surface area contributed by atoms with Crippen molar-refractivity contribution in [1.29, 1.82) is 0 Å². The topological polar surface area (TPSA) is 43.0 Å². The van der Waals surface area contributed by atoms with Crippen LogP contribution in [0.2, 0.25) is 0 Å². The zero-order valence-corrected chi connectivity index (χ0v) is 25.0. The van der Waals surface area contributed by atoms with Crippen molar-refractivity contribution in [1.82, 2.24) is 10.4 Å². The van der Waals surface area contributed by atoms with Gasteiger partial charge in [-0.25, -0.2) is 0 Å². The molecule has 216 valence electrons. The molecule has 0 radical (unpaired) electrons. The minimum absolute atomic E-state index is 0.0413. The van der Waals surface area contributed by atoms with E-state index in [9.17, 15) is 8.78 Å². The normalized spacial score (nSPS) is 13.6. The second-order valence-electron chi connectivity index (χ2n) is 8.82. The van der Waals surface area contributed by atoms with E-state index in [1.54, 1.807) is 24.3 Å². The first kappa shape index (κ1) is 35.4. The fraction of sp³-hybridized carbons (Fsp3) is 0.548. The van der Waals surface area contributed by atoms with Gasteiger partial charge in [0.2, 0.25) is 0 Å². The number of alkyl halides is 2. The monoisotopic (exact) mass is 536 g/mol. The third kappa shape index (κ3) is 12.3. The van der Waals surface area contributed by atoms with E-state index in [0.29, 0.717) is 17.9 Å². The maximum Gasteiger partial charge on any atom is 0.387 e. The van der Waals surface area contributed by atoms with Gasteiger partial charge in [0.25, 0.3) is 0 Å². The molecule has 0 bridgehead atoms. The molecule has 0 saturated carbocycles. The summed E-state index contributed by atoms with van der Waals surface area (Å²) < 4.78 is 35.8. The van der Waals surface area contributed by atoms with Gasteiger partial charge in [-0.05, 0) is 57.4 Å². The van der Waals surface area contributed by atoms with Crippen molar-refractivity contribution in [3.8, 4) is 5.75 Å². The largest absolute Gasteiger partial charge is 0.487 e. The second-order valence-corrected chi connectivity index (χ2v) is 8.82. The Balaban J connectivity index is 0.00000326. The molecule has 0 unspecified atom stereocenters. The molecular formula is C31H50F2N2O3. The molecule has 0 aromatic heterocycles. The molecule has 0 amide bonds. The number of rotatable bonds is 14. The highest BCUT2D eigenvalue weighted by Crippen LogP contribution is 2.26. The van der Waals surface area contributed by atoms with E-state index < -0.39 is 6.61 Å². The summed E-state index contributed by atoms with van der Waals surface area (Å²) in [7, 11) is 0. The van der Waals surface area contributed by atoms with Crippen molar-refractivity contribution in [2.24, 2.45) is 0 Å². The Morgan fingerprint density at radius 2 is 1.63 bits per heavy atom. The summed E-state index contributed by atoms with van der Waals surface area (Å²) in [6, 6.07) is 6.60. The molecule has 0 fully saturated rings. The molecule has 1 N–H and O–H groups in total.